The molecule has 0 bridgehead atoms. The van der Waals surface area contributed by atoms with Crippen molar-refractivity contribution in [2.24, 2.45) is 0 Å². The first-order valence-electron chi connectivity index (χ1n) is 9.54. The molecule has 0 saturated carbocycles. The summed E-state index contributed by atoms with van der Waals surface area (Å²) in [6.07, 6.45) is 0.670. The molecule has 0 amide bonds. The van der Waals surface area contributed by atoms with E-state index in [1.807, 2.05) is 43.3 Å². The van der Waals surface area contributed by atoms with Crippen LogP contribution in [0.1, 0.15) is 38.4 Å². The van der Waals surface area contributed by atoms with Gasteiger partial charge in [-0.3, -0.25) is 4.79 Å². The summed E-state index contributed by atoms with van der Waals surface area (Å²) in [5, 5.41) is 4.29. The number of aromatic nitrogens is 2. The highest BCUT2D eigenvalue weighted by Crippen LogP contribution is 2.29. The van der Waals surface area contributed by atoms with Gasteiger partial charge in [0.1, 0.15) is 4.90 Å². The van der Waals surface area contributed by atoms with Crippen molar-refractivity contribution in [3.63, 3.8) is 0 Å². The van der Waals surface area contributed by atoms with E-state index < -0.39 is 10.0 Å². The number of carbonyl (C=O) groups excluding carboxylic acids is 1. The lowest BCUT2D eigenvalue weighted by Gasteiger charge is -2.28. The van der Waals surface area contributed by atoms with E-state index in [1.165, 1.54) is 14.6 Å². The number of carbonyl (C=O) groups is 1. The number of benzene rings is 2. The molecule has 0 fully saturated rings. The molecule has 7 heteroatoms. The fraction of sp³-hybridized carbons (Fsp3) is 0.273. The number of sulfonamides is 1. The van der Waals surface area contributed by atoms with Crippen molar-refractivity contribution in [1.29, 1.82) is 0 Å². The number of fused-ring (bicyclic) bond motifs is 1. The zero-order chi connectivity index (χ0) is 20.8. The molecule has 0 aliphatic carbocycles. The molecule has 0 radical (unpaired) electrons. The lowest BCUT2D eigenvalue weighted by atomic mass is 10.0. The van der Waals surface area contributed by atoms with E-state index in [0.29, 0.717) is 36.5 Å². The van der Waals surface area contributed by atoms with Crippen LogP contribution in [-0.4, -0.2) is 35.0 Å². The highest BCUT2D eigenvalue weighted by molar-refractivity contribution is 7.89. The number of hydrogen-bond donors (Lipinski definition) is 0. The molecule has 29 heavy (non-hydrogen) atoms. The third-order valence-electron chi connectivity index (χ3n) is 5.49. The molecule has 0 atom stereocenters. The highest BCUT2D eigenvalue weighted by Gasteiger charge is 2.34. The van der Waals surface area contributed by atoms with Crippen molar-refractivity contribution in [2.75, 3.05) is 6.54 Å². The van der Waals surface area contributed by atoms with Crippen LogP contribution in [0, 0.1) is 20.8 Å². The lowest BCUT2D eigenvalue weighted by Crippen LogP contribution is -2.36. The molecular weight excluding hydrogens is 386 g/mol. The Hall–Kier alpha value is -2.77. The largest absolute Gasteiger partial charge is 0.278 e. The van der Waals surface area contributed by atoms with Crippen molar-refractivity contribution in [1.82, 2.24) is 14.1 Å². The van der Waals surface area contributed by atoms with Crippen molar-refractivity contribution in [3.8, 4) is 0 Å². The zero-order valence-corrected chi connectivity index (χ0v) is 17.5. The van der Waals surface area contributed by atoms with Gasteiger partial charge in [-0.2, -0.15) is 14.1 Å². The second-order valence-corrected chi connectivity index (χ2v) is 9.26. The predicted molar refractivity (Wildman–Crippen MR) is 110 cm³/mol. The van der Waals surface area contributed by atoms with E-state index in [9.17, 15) is 13.2 Å². The van der Waals surface area contributed by atoms with Crippen LogP contribution < -0.4 is 0 Å². The first kappa shape index (κ1) is 19.5. The maximum absolute atomic E-state index is 13.4. The summed E-state index contributed by atoms with van der Waals surface area (Å²) in [5.74, 6) is -0.325. The number of aryl methyl sites for hydroxylation is 2. The average Bonchev–Trinajstić information content (AvgIpc) is 3.02. The maximum Gasteiger partial charge on any atom is 0.278 e. The van der Waals surface area contributed by atoms with Gasteiger partial charge in [-0.25, -0.2) is 8.42 Å². The molecule has 2 aromatic carbocycles. The van der Waals surface area contributed by atoms with Crippen LogP contribution in [0.15, 0.2) is 53.4 Å². The van der Waals surface area contributed by atoms with Crippen LogP contribution in [-0.2, 0) is 23.0 Å². The van der Waals surface area contributed by atoms with E-state index in [4.69, 9.17) is 0 Å². The SMILES string of the molecule is Cc1ccccc1C(=O)n1nc(C)c(S(=O)(=O)N2CCc3ccccc3C2)c1C. The standard InChI is InChI=1S/C22H23N3O3S/c1-15-8-4-7-11-20(15)22(26)25-17(3)21(16(2)23-25)29(27,28)24-13-12-18-9-5-6-10-19(18)14-24/h4-11H,12-14H2,1-3H3. The fourth-order valence-electron chi connectivity index (χ4n) is 3.93. The summed E-state index contributed by atoms with van der Waals surface area (Å²) in [6.45, 7) is 5.87. The second-order valence-electron chi connectivity index (χ2n) is 7.39. The Bertz CT molecular complexity index is 1210. The van der Waals surface area contributed by atoms with Crippen molar-refractivity contribution in [2.45, 2.75) is 38.6 Å². The summed E-state index contributed by atoms with van der Waals surface area (Å²) in [5.41, 5.74) is 4.20. The molecule has 4 rings (SSSR count). The number of hydrogen-bond acceptors (Lipinski definition) is 4. The Balaban J connectivity index is 1.73. The Morgan fingerprint density at radius 2 is 1.62 bits per heavy atom. The molecular formula is C22H23N3O3S. The Kier molecular flexibility index (Phi) is 4.88. The average molecular weight is 410 g/mol. The van der Waals surface area contributed by atoms with Gasteiger partial charge in [0.2, 0.25) is 10.0 Å². The first-order chi connectivity index (χ1) is 13.8. The number of nitrogens with zero attached hydrogens (tertiary/aromatic N) is 3. The molecule has 0 spiro atoms. The van der Waals surface area contributed by atoms with E-state index in [0.717, 1.165) is 11.1 Å². The van der Waals surface area contributed by atoms with Crippen molar-refractivity contribution in [3.05, 3.63) is 82.2 Å². The van der Waals surface area contributed by atoms with Gasteiger partial charge in [0.25, 0.3) is 5.91 Å². The van der Waals surface area contributed by atoms with Crippen LogP contribution in [0.25, 0.3) is 0 Å². The van der Waals surface area contributed by atoms with Gasteiger partial charge in [-0.15, -0.1) is 0 Å². The lowest BCUT2D eigenvalue weighted by molar-refractivity contribution is 0.0941. The summed E-state index contributed by atoms with van der Waals surface area (Å²) in [4.78, 5) is 13.1. The van der Waals surface area contributed by atoms with Crippen molar-refractivity contribution < 1.29 is 13.2 Å². The molecule has 6 nitrogen and oxygen atoms in total. The predicted octanol–water partition coefficient (Wildman–Crippen LogP) is 3.24. The van der Waals surface area contributed by atoms with Crippen LogP contribution in [0.5, 0.6) is 0 Å². The molecule has 150 valence electrons. The third-order valence-corrected chi connectivity index (χ3v) is 7.58. The van der Waals surface area contributed by atoms with E-state index in [-0.39, 0.29) is 10.8 Å². The van der Waals surface area contributed by atoms with Gasteiger partial charge >= 0.3 is 0 Å². The third kappa shape index (κ3) is 3.30. The summed E-state index contributed by atoms with van der Waals surface area (Å²) in [6, 6.07) is 15.1. The molecule has 1 aliphatic heterocycles. The Morgan fingerprint density at radius 1 is 0.966 bits per heavy atom. The van der Waals surface area contributed by atoms with Crippen LogP contribution in [0.4, 0.5) is 0 Å². The van der Waals surface area contributed by atoms with Gasteiger partial charge < -0.3 is 0 Å². The van der Waals surface area contributed by atoms with Gasteiger partial charge in [0.05, 0.1) is 11.4 Å². The number of rotatable bonds is 3. The zero-order valence-electron chi connectivity index (χ0n) is 16.7. The summed E-state index contributed by atoms with van der Waals surface area (Å²) in [7, 11) is -3.77. The van der Waals surface area contributed by atoms with Gasteiger partial charge in [-0.1, -0.05) is 42.5 Å². The van der Waals surface area contributed by atoms with Crippen LogP contribution in [0.3, 0.4) is 0 Å². The second kappa shape index (κ2) is 7.24. The molecule has 0 saturated heterocycles. The maximum atomic E-state index is 13.4. The van der Waals surface area contributed by atoms with Gasteiger partial charge in [0, 0.05) is 18.7 Å². The van der Waals surface area contributed by atoms with Crippen LogP contribution in [0.2, 0.25) is 0 Å². The van der Waals surface area contributed by atoms with E-state index >= 15 is 0 Å². The van der Waals surface area contributed by atoms with Crippen molar-refractivity contribution >= 4 is 15.9 Å². The van der Waals surface area contributed by atoms with Gasteiger partial charge in [0.15, 0.2) is 0 Å². The smallest absolute Gasteiger partial charge is 0.267 e. The molecule has 0 N–H and O–H groups in total. The molecule has 1 aliphatic rings. The minimum Gasteiger partial charge on any atom is -0.267 e. The normalized spacial score (nSPS) is 14.6. The topological polar surface area (TPSA) is 72.3 Å². The molecule has 2 heterocycles. The Morgan fingerprint density at radius 3 is 2.34 bits per heavy atom. The summed E-state index contributed by atoms with van der Waals surface area (Å²) >= 11 is 0. The monoisotopic (exact) mass is 409 g/mol. The molecule has 1 aromatic heterocycles. The Labute approximate surface area is 170 Å². The minimum atomic E-state index is -3.77. The summed E-state index contributed by atoms with van der Waals surface area (Å²) < 4.78 is 29.6. The van der Waals surface area contributed by atoms with Crippen LogP contribution >= 0.6 is 0 Å². The van der Waals surface area contributed by atoms with E-state index in [2.05, 4.69) is 5.10 Å². The fourth-order valence-corrected chi connectivity index (χ4v) is 5.70. The molecule has 0 unspecified atom stereocenters. The minimum absolute atomic E-state index is 0.124. The highest BCUT2D eigenvalue weighted by atomic mass is 32.2. The quantitative estimate of drug-likeness (QED) is 0.666. The van der Waals surface area contributed by atoms with E-state index in [1.54, 1.807) is 26.0 Å². The first-order valence-corrected chi connectivity index (χ1v) is 11.0. The van der Waals surface area contributed by atoms with Gasteiger partial charge in [-0.05, 0) is 49.9 Å². The molecule has 3 aromatic rings.